The summed E-state index contributed by atoms with van der Waals surface area (Å²) < 4.78 is 5.67. The normalized spacial score (nSPS) is 19.9. The maximum atomic E-state index is 11.8. The molecule has 2 fully saturated rings. The van der Waals surface area contributed by atoms with Gasteiger partial charge >= 0.3 is 0 Å². The number of amides is 1. The first kappa shape index (κ1) is 19.5. The van der Waals surface area contributed by atoms with Crippen LogP contribution >= 0.6 is 0 Å². The molecule has 0 radical (unpaired) electrons. The fourth-order valence-electron chi connectivity index (χ4n) is 3.09. The molecule has 7 heteroatoms. The Morgan fingerprint density at radius 2 is 2.19 bits per heavy atom. The number of hydrogen-bond donors (Lipinski definition) is 2. The number of hydrogen-bond acceptors (Lipinski definition) is 4. The maximum Gasteiger partial charge on any atom is 0.222 e. The smallest absolute Gasteiger partial charge is 0.222 e. The Morgan fingerprint density at radius 3 is 2.85 bits per heavy atom. The van der Waals surface area contributed by atoms with Crippen molar-refractivity contribution >= 4 is 11.9 Å². The summed E-state index contributed by atoms with van der Waals surface area (Å²) in [5, 5.41) is 6.73. The zero-order valence-electron chi connectivity index (χ0n) is 16.4. The zero-order chi connectivity index (χ0) is 19.1. The van der Waals surface area contributed by atoms with Crippen molar-refractivity contribution in [3.8, 4) is 5.88 Å². The molecule has 1 atom stereocenters. The van der Waals surface area contributed by atoms with Crippen LogP contribution in [-0.4, -0.2) is 54.0 Å². The molecule has 1 aromatic heterocycles. The van der Waals surface area contributed by atoms with Gasteiger partial charge in [0.2, 0.25) is 11.8 Å². The number of aliphatic imine (C=N–C) groups is 1. The van der Waals surface area contributed by atoms with Crippen LogP contribution in [-0.2, 0) is 11.3 Å². The van der Waals surface area contributed by atoms with Crippen LogP contribution in [0.25, 0.3) is 0 Å². The number of aromatic nitrogens is 1. The fraction of sp³-hybridized carbons (Fsp3) is 0.650. The van der Waals surface area contributed by atoms with Crippen molar-refractivity contribution in [2.75, 3.05) is 26.2 Å². The van der Waals surface area contributed by atoms with Gasteiger partial charge in [0.05, 0.1) is 13.2 Å². The Bertz CT molecular complexity index is 642. The second-order valence-corrected chi connectivity index (χ2v) is 7.28. The summed E-state index contributed by atoms with van der Waals surface area (Å²) in [4.78, 5) is 22.8. The van der Waals surface area contributed by atoms with E-state index in [0.717, 1.165) is 50.1 Å². The van der Waals surface area contributed by atoms with Gasteiger partial charge in [0, 0.05) is 44.4 Å². The van der Waals surface area contributed by atoms with E-state index in [1.165, 1.54) is 12.8 Å². The molecule has 1 aliphatic heterocycles. The molecule has 1 amide bonds. The Hall–Kier alpha value is -2.31. The van der Waals surface area contributed by atoms with Crippen molar-refractivity contribution in [3.05, 3.63) is 23.9 Å². The molecule has 2 heterocycles. The van der Waals surface area contributed by atoms with E-state index in [-0.39, 0.29) is 11.9 Å². The minimum absolute atomic E-state index is 0.219. The number of nitrogens with zero attached hydrogens (tertiary/aromatic N) is 3. The lowest BCUT2D eigenvalue weighted by Gasteiger charge is -2.18. The molecule has 3 rings (SSSR count). The Morgan fingerprint density at radius 1 is 1.33 bits per heavy atom. The Balaban J connectivity index is 1.50. The third-order valence-corrected chi connectivity index (χ3v) is 4.91. The van der Waals surface area contributed by atoms with Crippen LogP contribution in [0.4, 0.5) is 0 Å². The van der Waals surface area contributed by atoms with E-state index in [1.54, 1.807) is 0 Å². The lowest BCUT2D eigenvalue weighted by molar-refractivity contribution is -0.129. The molecular weight excluding hydrogens is 342 g/mol. The highest BCUT2D eigenvalue weighted by Gasteiger charge is 2.25. The molecule has 0 bridgehead atoms. The van der Waals surface area contributed by atoms with Gasteiger partial charge in [0.15, 0.2) is 5.96 Å². The summed E-state index contributed by atoms with van der Waals surface area (Å²) in [6.45, 7) is 7.63. The van der Waals surface area contributed by atoms with Crippen LogP contribution in [0, 0.1) is 5.92 Å². The molecule has 1 unspecified atom stereocenters. The molecule has 148 valence electrons. The molecular formula is C20H31N5O2. The maximum absolute atomic E-state index is 11.8. The van der Waals surface area contributed by atoms with Crippen molar-refractivity contribution in [2.24, 2.45) is 10.9 Å². The number of guanidine groups is 1. The van der Waals surface area contributed by atoms with Crippen molar-refractivity contribution in [1.29, 1.82) is 0 Å². The first-order valence-corrected chi connectivity index (χ1v) is 10.1. The first-order chi connectivity index (χ1) is 13.2. The molecule has 1 aromatic rings. The van der Waals surface area contributed by atoms with Gasteiger partial charge in [0.25, 0.3) is 0 Å². The summed E-state index contributed by atoms with van der Waals surface area (Å²) in [5.41, 5.74) is 1.04. The van der Waals surface area contributed by atoms with Gasteiger partial charge in [-0.05, 0) is 37.7 Å². The van der Waals surface area contributed by atoms with E-state index >= 15 is 0 Å². The van der Waals surface area contributed by atoms with Crippen LogP contribution in [0.5, 0.6) is 5.88 Å². The van der Waals surface area contributed by atoms with Gasteiger partial charge in [-0.15, -0.1) is 0 Å². The van der Waals surface area contributed by atoms with E-state index in [4.69, 9.17) is 4.74 Å². The minimum Gasteiger partial charge on any atom is -0.477 e. The summed E-state index contributed by atoms with van der Waals surface area (Å²) in [5.74, 6) is 2.41. The quantitative estimate of drug-likeness (QED) is 0.538. The average Bonchev–Trinajstić information content (AvgIpc) is 3.41. The third-order valence-electron chi connectivity index (χ3n) is 4.91. The van der Waals surface area contributed by atoms with Crippen molar-refractivity contribution < 1.29 is 9.53 Å². The number of carbonyl (C=O) groups is 1. The van der Waals surface area contributed by atoms with Crippen molar-refractivity contribution in [3.63, 3.8) is 0 Å². The fourth-order valence-corrected chi connectivity index (χ4v) is 3.09. The number of carbonyl (C=O) groups excluding carboxylic acids is 1. The summed E-state index contributed by atoms with van der Waals surface area (Å²) in [6, 6.07) is 4.17. The summed E-state index contributed by atoms with van der Waals surface area (Å²) >= 11 is 0. The van der Waals surface area contributed by atoms with Gasteiger partial charge < -0.3 is 20.3 Å². The highest BCUT2D eigenvalue weighted by atomic mass is 16.5. The standard InChI is InChI=1S/C20H31N5O2/c1-3-19(26)25-10-9-17(13-25)24-20(21-4-2)23-12-16-7-8-18(22-11-16)27-14-15-5-6-15/h7-8,11,15,17H,3-6,9-10,12-14H2,1-2H3,(H2,21,23,24). The van der Waals surface area contributed by atoms with Crippen LogP contribution in [0.1, 0.15) is 45.1 Å². The monoisotopic (exact) mass is 373 g/mol. The molecule has 1 saturated carbocycles. The minimum atomic E-state index is 0.219. The zero-order valence-corrected chi connectivity index (χ0v) is 16.4. The van der Waals surface area contributed by atoms with Crippen LogP contribution < -0.4 is 15.4 Å². The second kappa shape index (κ2) is 9.58. The van der Waals surface area contributed by atoms with Gasteiger partial charge in [-0.1, -0.05) is 13.0 Å². The predicted octanol–water partition coefficient (Wildman–Crippen LogP) is 1.94. The Labute approximate surface area is 161 Å². The van der Waals surface area contributed by atoms with E-state index in [1.807, 2.05) is 37.1 Å². The van der Waals surface area contributed by atoms with Crippen LogP contribution in [0.2, 0.25) is 0 Å². The van der Waals surface area contributed by atoms with E-state index in [2.05, 4.69) is 20.6 Å². The lowest BCUT2D eigenvalue weighted by atomic mass is 10.2. The number of ether oxygens (including phenoxy) is 1. The van der Waals surface area contributed by atoms with E-state index in [0.29, 0.717) is 18.8 Å². The Kier molecular flexibility index (Phi) is 6.90. The topological polar surface area (TPSA) is 78.9 Å². The summed E-state index contributed by atoms with van der Waals surface area (Å²) in [7, 11) is 0. The molecule has 0 aromatic carbocycles. The van der Waals surface area contributed by atoms with Crippen LogP contribution in [0.3, 0.4) is 0 Å². The van der Waals surface area contributed by atoms with Crippen LogP contribution in [0.15, 0.2) is 23.3 Å². The number of pyridine rings is 1. The molecule has 2 N–H and O–H groups in total. The molecule has 1 aliphatic carbocycles. The van der Waals surface area contributed by atoms with E-state index in [9.17, 15) is 4.79 Å². The van der Waals surface area contributed by atoms with E-state index < -0.39 is 0 Å². The molecule has 1 saturated heterocycles. The predicted molar refractivity (Wildman–Crippen MR) is 106 cm³/mol. The number of likely N-dealkylation sites (tertiary alicyclic amines) is 1. The summed E-state index contributed by atoms with van der Waals surface area (Å²) in [6.07, 6.45) is 5.89. The highest BCUT2D eigenvalue weighted by Crippen LogP contribution is 2.29. The number of nitrogens with one attached hydrogen (secondary N) is 2. The third kappa shape index (κ3) is 6.12. The SMILES string of the molecule is CCNC(=NCc1ccc(OCC2CC2)nc1)NC1CCN(C(=O)CC)C1. The highest BCUT2D eigenvalue weighted by molar-refractivity contribution is 5.80. The average molecular weight is 374 g/mol. The van der Waals surface area contributed by atoms with Gasteiger partial charge in [-0.3, -0.25) is 4.79 Å². The van der Waals surface area contributed by atoms with Gasteiger partial charge in [-0.2, -0.15) is 0 Å². The largest absolute Gasteiger partial charge is 0.477 e. The lowest BCUT2D eigenvalue weighted by Crippen LogP contribution is -2.45. The molecule has 0 spiro atoms. The molecule has 7 nitrogen and oxygen atoms in total. The van der Waals surface area contributed by atoms with Crippen molar-refractivity contribution in [2.45, 2.75) is 52.1 Å². The molecule has 2 aliphatic rings. The van der Waals surface area contributed by atoms with Crippen molar-refractivity contribution in [1.82, 2.24) is 20.5 Å². The van der Waals surface area contributed by atoms with Gasteiger partial charge in [0.1, 0.15) is 0 Å². The number of rotatable bonds is 8. The first-order valence-electron chi connectivity index (χ1n) is 10.1. The van der Waals surface area contributed by atoms with Gasteiger partial charge in [-0.25, -0.2) is 9.98 Å². The molecule has 27 heavy (non-hydrogen) atoms. The second-order valence-electron chi connectivity index (χ2n) is 7.28.